The summed E-state index contributed by atoms with van der Waals surface area (Å²) in [6, 6.07) is 50.1. The van der Waals surface area contributed by atoms with E-state index in [0.717, 1.165) is 23.7 Å². The third-order valence-electron chi connectivity index (χ3n) is 16.9. The van der Waals surface area contributed by atoms with Crippen molar-refractivity contribution in [3.8, 4) is 33.4 Å². The van der Waals surface area contributed by atoms with E-state index in [1.54, 1.807) is 11.1 Å². The van der Waals surface area contributed by atoms with Crippen LogP contribution in [0.4, 0.5) is 17.1 Å². The first-order valence-corrected chi connectivity index (χ1v) is 22.5. The molecule has 290 valence electrons. The Balaban J connectivity index is 1.13. The highest BCUT2D eigenvalue weighted by Crippen LogP contribution is 2.70. The third kappa shape index (κ3) is 4.60. The number of fused-ring (bicyclic) bond motifs is 7. The Morgan fingerprint density at radius 2 is 1.05 bits per heavy atom. The van der Waals surface area contributed by atoms with Gasteiger partial charge in [-0.15, -0.1) is 0 Å². The van der Waals surface area contributed by atoms with Gasteiger partial charge >= 0.3 is 0 Å². The van der Waals surface area contributed by atoms with Gasteiger partial charge in [0.15, 0.2) is 0 Å². The average molecular weight is 756 g/mol. The molecule has 7 aliphatic carbocycles. The topological polar surface area (TPSA) is 3.24 Å². The molecule has 58 heavy (non-hydrogen) atoms. The Kier molecular flexibility index (Phi) is 7.18. The molecule has 0 heterocycles. The monoisotopic (exact) mass is 755 g/mol. The maximum atomic E-state index is 2.67. The Bertz CT molecular complexity index is 2640. The third-order valence-corrected chi connectivity index (χ3v) is 16.9. The van der Waals surface area contributed by atoms with E-state index in [9.17, 15) is 0 Å². The minimum atomic E-state index is -0.0850. The Hall–Kier alpha value is -4.88. The fourth-order valence-corrected chi connectivity index (χ4v) is 14.4. The van der Waals surface area contributed by atoms with Gasteiger partial charge in [0.25, 0.3) is 0 Å². The molecule has 0 radical (unpaired) electrons. The maximum Gasteiger partial charge on any atom is 0.0502 e. The van der Waals surface area contributed by atoms with Crippen molar-refractivity contribution in [3.05, 3.63) is 161 Å². The molecule has 6 aromatic carbocycles. The lowest BCUT2D eigenvalue weighted by molar-refractivity contribution is -0.0399. The molecule has 0 N–H and O–H groups in total. The van der Waals surface area contributed by atoms with Gasteiger partial charge in [-0.1, -0.05) is 139 Å². The lowest BCUT2D eigenvalue weighted by Crippen LogP contribution is -2.55. The van der Waals surface area contributed by atoms with Gasteiger partial charge in [0.1, 0.15) is 0 Å². The summed E-state index contributed by atoms with van der Waals surface area (Å²) in [5, 5.41) is 0. The summed E-state index contributed by atoms with van der Waals surface area (Å²) < 4.78 is 0. The zero-order valence-corrected chi connectivity index (χ0v) is 35.3. The molecule has 4 bridgehead atoms. The highest BCUT2D eigenvalue weighted by molar-refractivity contribution is 5.96. The molecular weight excluding hydrogens is 699 g/mol. The maximum absolute atomic E-state index is 2.67. The minimum Gasteiger partial charge on any atom is -0.310 e. The molecule has 0 aliphatic heterocycles. The summed E-state index contributed by atoms with van der Waals surface area (Å²) in [5.74, 6) is 3.28. The van der Waals surface area contributed by atoms with Crippen LogP contribution >= 0.6 is 0 Å². The Morgan fingerprint density at radius 1 is 0.448 bits per heavy atom. The molecule has 6 aromatic rings. The summed E-state index contributed by atoms with van der Waals surface area (Å²) in [7, 11) is 0. The number of benzene rings is 6. The second-order valence-electron chi connectivity index (χ2n) is 21.2. The van der Waals surface area contributed by atoms with Crippen molar-refractivity contribution in [1.29, 1.82) is 0 Å². The van der Waals surface area contributed by atoms with Crippen molar-refractivity contribution < 1.29 is 0 Å². The van der Waals surface area contributed by atoms with Crippen molar-refractivity contribution in [2.75, 3.05) is 4.90 Å². The van der Waals surface area contributed by atoms with Crippen LogP contribution in [0.25, 0.3) is 33.4 Å². The Labute approximate surface area is 346 Å². The highest BCUT2D eigenvalue weighted by Gasteiger charge is 2.62. The number of hydrogen-bond donors (Lipinski definition) is 0. The molecule has 4 fully saturated rings. The zero-order valence-electron chi connectivity index (χ0n) is 35.3. The largest absolute Gasteiger partial charge is 0.310 e. The first-order valence-electron chi connectivity index (χ1n) is 22.5. The number of hydrogen-bond acceptors (Lipinski definition) is 1. The van der Waals surface area contributed by atoms with E-state index in [-0.39, 0.29) is 21.7 Å². The summed E-state index contributed by atoms with van der Waals surface area (Å²) in [4.78, 5) is 2.67. The van der Waals surface area contributed by atoms with Gasteiger partial charge in [-0.3, -0.25) is 0 Å². The van der Waals surface area contributed by atoms with Crippen LogP contribution in [-0.2, 0) is 21.7 Å². The van der Waals surface area contributed by atoms with Crippen LogP contribution in [0.5, 0.6) is 0 Å². The second-order valence-corrected chi connectivity index (χ2v) is 21.2. The summed E-state index contributed by atoms with van der Waals surface area (Å²) >= 11 is 0. The van der Waals surface area contributed by atoms with E-state index in [1.165, 1.54) is 118 Å². The summed E-state index contributed by atoms with van der Waals surface area (Å²) in [6.07, 6.45) is 9.42. The van der Waals surface area contributed by atoms with Crippen LogP contribution in [0.1, 0.15) is 120 Å². The fourth-order valence-electron chi connectivity index (χ4n) is 14.4. The minimum absolute atomic E-state index is 0.0418. The van der Waals surface area contributed by atoms with E-state index in [0.29, 0.717) is 0 Å². The van der Waals surface area contributed by atoms with Gasteiger partial charge in [0.05, 0.1) is 5.69 Å². The highest BCUT2D eigenvalue weighted by atomic mass is 15.1. The normalized spacial score (nSPS) is 26.8. The first-order chi connectivity index (χ1) is 28.0. The standard InChI is InChI=1S/C57H57N/c1-54(2)26-27-55(3,4)53-49(54)20-13-21-51(53)58(41-22-24-44-43-16-10-11-18-46(43)56(5,6)50(44)34-41)40-23-25-47-45(33-40)52-42(37-14-8-7-9-15-37)17-12-19-48(52)57(47)38-29-35-28-36(31-38)32-39(57)30-35/h7-25,33-36,38-39H,26-32H2,1-6H3. The van der Waals surface area contributed by atoms with Crippen LogP contribution in [0.2, 0.25) is 0 Å². The molecule has 1 heteroatoms. The van der Waals surface area contributed by atoms with Crippen LogP contribution in [0, 0.1) is 23.7 Å². The number of rotatable bonds is 4. The predicted octanol–water partition coefficient (Wildman–Crippen LogP) is 15.2. The summed E-state index contributed by atoms with van der Waals surface area (Å²) in [6.45, 7) is 14.8. The molecule has 0 atom stereocenters. The van der Waals surface area contributed by atoms with E-state index in [4.69, 9.17) is 0 Å². The van der Waals surface area contributed by atoms with Crippen LogP contribution in [-0.4, -0.2) is 0 Å². The van der Waals surface area contributed by atoms with E-state index in [1.807, 2.05) is 0 Å². The molecule has 0 amide bonds. The number of nitrogens with zero attached hydrogens (tertiary/aromatic N) is 1. The van der Waals surface area contributed by atoms with Crippen LogP contribution < -0.4 is 4.90 Å². The van der Waals surface area contributed by atoms with Crippen molar-refractivity contribution >= 4 is 17.1 Å². The van der Waals surface area contributed by atoms with E-state index in [2.05, 4.69) is 174 Å². The van der Waals surface area contributed by atoms with Crippen LogP contribution in [0.15, 0.2) is 127 Å². The van der Waals surface area contributed by atoms with Gasteiger partial charge in [-0.2, -0.15) is 0 Å². The molecular formula is C57H57N. The second kappa shape index (κ2) is 11.9. The lowest BCUT2D eigenvalue weighted by Gasteiger charge is -2.61. The Morgan fingerprint density at radius 3 is 1.83 bits per heavy atom. The average Bonchev–Trinajstić information content (AvgIpc) is 3.64. The van der Waals surface area contributed by atoms with E-state index >= 15 is 0 Å². The van der Waals surface area contributed by atoms with Gasteiger partial charge in [-0.05, 0) is 177 Å². The smallest absolute Gasteiger partial charge is 0.0502 e. The lowest BCUT2D eigenvalue weighted by atomic mass is 9.43. The molecule has 7 aliphatic rings. The quantitative estimate of drug-likeness (QED) is 0.173. The van der Waals surface area contributed by atoms with Gasteiger partial charge in [0, 0.05) is 22.2 Å². The van der Waals surface area contributed by atoms with E-state index < -0.39 is 0 Å². The summed E-state index contributed by atoms with van der Waals surface area (Å²) in [5.41, 5.74) is 21.6. The molecule has 0 saturated heterocycles. The number of anilines is 3. The molecule has 4 saturated carbocycles. The SMILES string of the molecule is CC1(C)CCC(C)(C)c2c(N(c3ccc4c(c3)-c3c(-c5ccccc5)cccc3C43C4CC5CC(C4)CC3C5)c3ccc4c(c3)C(C)(C)c3ccccc3-4)cccc21. The molecule has 1 nitrogen and oxygen atoms in total. The van der Waals surface area contributed by atoms with Crippen molar-refractivity contribution in [1.82, 2.24) is 0 Å². The van der Waals surface area contributed by atoms with Gasteiger partial charge in [0.2, 0.25) is 0 Å². The van der Waals surface area contributed by atoms with Crippen molar-refractivity contribution in [2.45, 2.75) is 108 Å². The van der Waals surface area contributed by atoms with Crippen LogP contribution in [0.3, 0.4) is 0 Å². The molecule has 0 unspecified atom stereocenters. The molecule has 13 rings (SSSR count). The van der Waals surface area contributed by atoms with Crippen molar-refractivity contribution in [2.24, 2.45) is 23.7 Å². The fraction of sp³-hybridized carbons (Fsp3) is 0.368. The molecule has 0 aromatic heterocycles. The predicted molar refractivity (Wildman–Crippen MR) is 243 cm³/mol. The first kappa shape index (κ1) is 35.1. The van der Waals surface area contributed by atoms with Gasteiger partial charge < -0.3 is 4.90 Å². The van der Waals surface area contributed by atoms with Crippen molar-refractivity contribution in [3.63, 3.8) is 0 Å². The molecule has 1 spiro atoms. The van der Waals surface area contributed by atoms with Gasteiger partial charge in [-0.25, -0.2) is 0 Å². The zero-order chi connectivity index (χ0) is 39.3.